The molecule has 17 nitrogen and oxygen atoms in total. The van der Waals surface area contributed by atoms with Gasteiger partial charge in [-0.1, -0.05) is 36.4 Å². The van der Waals surface area contributed by atoms with Crippen molar-refractivity contribution in [3.63, 3.8) is 0 Å². The van der Waals surface area contributed by atoms with E-state index in [9.17, 15) is 65.6 Å². The van der Waals surface area contributed by atoms with Gasteiger partial charge >= 0.3 is 30.4 Å². The van der Waals surface area contributed by atoms with Crippen LogP contribution in [0.1, 0.15) is 102 Å². The van der Waals surface area contributed by atoms with Crippen molar-refractivity contribution in [1.82, 2.24) is 25.3 Å². The molecular weight excluding hydrogens is 1090 g/mol. The quantitative estimate of drug-likeness (QED) is 0.0517. The predicted octanol–water partition coefficient (Wildman–Crippen LogP) is 9.23. The Morgan fingerprint density at radius 1 is 0.639 bits per heavy atom. The van der Waals surface area contributed by atoms with Crippen molar-refractivity contribution >= 4 is 47.1 Å². The number of nitrogens with zero attached hydrogens (tertiary/aromatic N) is 8. The number of hydrogen-bond donors (Lipinski definition) is 2. The topological polar surface area (TPSA) is 203 Å². The highest BCUT2D eigenvalue weighted by atomic mass is 19.4. The fourth-order valence-electron chi connectivity index (χ4n) is 10.5. The first-order valence-corrected chi connectivity index (χ1v) is 26.5. The third kappa shape index (κ3) is 12.8. The predicted molar refractivity (Wildman–Crippen MR) is 287 cm³/mol. The molecule has 0 bridgehead atoms. The van der Waals surface area contributed by atoms with Crippen LogP contribution in [0.3, 0.4) is 0 Å². The molecule has 7 amide bonds. The molecule has 428 valence electrons. The average molecular weight is 1140 g/mol. The average Bonchev–Trinajstić information content (AvgIpc) is 2.32. The van der Waals surface area contributed by atoms with E-state index < -0.39 is 70.9 Å². The molecule has 4 aromatic carbocycles. The zero-order chi connectivity index (χ0) is 59.5. The molecule has 23 heteroatoms. The number of rotatable bonds is 17. The minimum atomic E-state index is -4.75. The Morgan fingerprint density at radius 3 is 1.47 bits per heavy atom. The lowest BCUT2D eigenvalue weighted by Gasteiger charge is -2.34. The van der Waals surface area contributed by atoms with Crippen LogP contribution in [0.2, 0.25) is 0 Å². The summed E-state index contributed by atoms with van der Waals surface area (Å²) in [5.41, 5.74) is -0.695. The standard InChI is InChI=1S/C60H54F6N10O7/c1-58(2,3)83-48(77)13-6-24-71-29-22-41(23-30-71)53(78)72(25-7-27-73-35-46-49(54(73)79)51(39-18-14-37(33-67)15-19-39)69-56(81)75(46)44-11-4-9-42(31-44)59(61,62)63)26-8-28-74-36-47-50(55(74)80)52(40-20-16-38(34-68)17-21-40)70-57(82)76(47)45-12-5-10-43(32-45)60(64,65)66/h4-5,9-12,14-23,29-32,51-52H,6-8,13,24-28,35-36H2,1-3H3,(H-,69,70,81,82)/p+1/t51-,52-/m1/s1. The second-order valence-corrected chi connectivity index (χ2v) is 21.2. The van der Waals surface area contributed by atoms with Crippen LogP contribution < -0.4 is 25.0 Å². The first-order chi connectivity index (χ1) is 39.4. The summed E-state index contributed by atoms with van der Waals surface area (Å²) in [5.74, 6) is -1.84. The third-order valence-corrected chi connectivity index (χ3v) is 14.4. The fraction of sp³-hybridized carbons (Fsp3) is 0.317. The summed E-state index contributed by atoms with van der Waals surface area (Å²) in [6.45, 7) is 5.40. The van der Waals surface area contributed by atoms with Gasteiger partial charge in [-0.15, -0.1) is 0 Å². The molecule has 4 aliphatic rings. The number of benzene rings is 4. The third-order valence-electron chi connectivity index (χ3n) is 14.4. The summed E-state index contributed by atoms with van der Waals surface area (Å²) in [4.78, 5) is 90.6. The Morgan fingerprint density at radius 2 is 1.07 bits per heavy atom. The van der Waals surface area contributed by atoms with Gasteiger partial charge < -0.3 is 30.1 Å². The van der Waals surface area contributed by atoms with E-state index in [1.54, 1.807) is 74.1 Å². The molecule has 0 saturated carbocycles. The van der Waals surface area contributed by atoms with Gasteiger partial charge in [0.1, 0.15) is 12.1 Å². The molecule has 0 aliphatic carbocycles. The Labute approximate surface area is 473 Å². The number of esters is 1. The van der Waals surface area contributed by atoms with Crippen molar-refractivity contribution in [2.24, 2.45) is 0 Å². The summed E-state index contributed by atoms with van der Waals surface area (Å²) >= 11 is 0. The Balaban J connectivity index is 0.959. The number of pyridine rings is 1. The molecule has 2 N–H and O–H groups in total. The van der Waals surface area contributed by atoms with E-state index >= 15 is 0 Å². The lowest BCUT2D eigenvalue weighted by molar-refractivity contribution is -0.697. The fourth-order valence-corrected chi connectivity index (χ4v) is 10.5. The molecule has 83 heavy (non-hydrogen) atoms. The number of urea groups is 2. The summed E-state index contributed by atoms with van der Waals surface area (Å²) in [5, 5.41) is 24.5. The van der Waals surface area contributed by atoms with Crippen LogP contribution in [0, 0.1) is 22.7 Å². The molecule has 0 spiro atoms. The van der Waals surface area contributed by atoms with E-state index in [0.717, 1.165) is 46.2 Å². The van der Waals surface area contributed by atoms with E-state index in [0.29, 0.717) is 35.2 Å². The molecule has 5 heterocycles. The number of alkyl halides is 6. The highest BCUT2D eigenvalue weighted by Crippen LogP contribution is 2.42. The van der Waals surface area contributed by atoms with Gasteiger partial charge in [-0.2, -0.15) is 36.9 Å². The number of aromatic nitrogens is 1. The van der Waals surface area contributed by atoms with E-state index in [1.807, 2.05) is 12.1 Å². The number of amides is 7. The van der Waals surface area contributed by atoms with E-state index in [1.165, 1.54) is 51.1 Å². The number of ether oxygens (including phenoxy) is 1. The second-order valence-electron chi connectivity index (χ2n) is 21.2. The summed E-state index contributed by atoms with van der Waals surface area (Å²) < 4.78 is 91.2. The van der Waals surface area contributed by atoms with E-state index in [2.05, 4.69) is 10.6 Å². The normalized spacial score (nSPS) is 17.2. The first-order valence-electron chi connectivity index (χ1n) is 26.5. The molecular formula is C60H55F6N10O7+. The highest BCUT2D eigenvalue weighted by molar-refractivity contribution is 6.08. The maximum absolute atomic E-state index is 14.6. The van der Waals surface area contributed by atoms with Crippen LogP contribution in [0.5, 0.6) is 0 Å². The SMILES string of the molecule is CC(C)(C)OC(=O)CCC[n+]1ccc(C(=O)N(CCCN2CC3=C(C2=O)[C@@H](c2ccc(C#N)cc2)NC(=O)N3c2cccc(C(F)(F)F)c2)CCCN2CC3=C(C2=O)[C@@H](c2ccc(C#N)cc2)NC(=O)N3c2cccc(C(F)(F)F)c2)cc1. The summed E-state index contributed by atoms with van der Waals surface area (Å²) in [6, 6.07) is 24.2. The van der Waals surface area contributed by atoms with Crippen LogP contribution in [0.25, 0.3) is 0 Å². The van der Waals surface area contributed by atoms with Gasteiger partial charge in [0.15, 0.2) is 12.4 Å². The minimum absolute atomic E-state index is 0.00283. The van der Waals surface area contributed by atoms with Crippen molar-refractivity contribution < 1.29 is 64.4 Å². The van der Waals surface area contributed by atoms with Gasteiger partial charge in [-0.05, 0) is 105 Å². The molecule has 5 aromatic rings. The smallest absolute Gasteiger partial charge is 0.416 e. The van der Waals surface area contributed by atoms with Gasteiger partial charge in [-0.25, -0.2) is 14.2 Å². The van der Waals surface area contributed by atoms with Gasteiger partial charge in [0.2, 0.25) is 0 Å². The van der Waals surface area contributed by atoms with Crippen LogP contribution in [0.4, 0.5) is 47.3 Å². The Hall–Kier alpha value is -9.51. The van der Waals surface area contributed by atoms with Crippen molar-refractivity contribution in [3.8, 4) is 12.1 Å². The molecule has 0 fully saturated rings. The molecule has 0 radical (unpaired) electrons. The number of halogens is 6. The maximum atomic E-state index is 14.6. The Bertz CT molecular complexity index is 3340. The number of aryl methyl sites for hydroxylation is 1. The highest BCUT2D eigenvalue weighted by Gasteiger charge is 2.47. The zero-order valence-corrected chi connectivity index (χ0v) is 45.2. The molecule has 0 saturated heterocycles. The van der Waals surface area contributed by atoms with Gasteiger partial charge in [0.05, 0.1) is 105 Å². The summed E-state index contributed by atoms with van der Waals surface area (Å²) in [7, 11) is 0. The lowest BCUT2D eigenvalue weighted by Crippen LogP contribution is -2.47. The van der Waals surface area contributed by atoms with Crippen LogP contribution >= 0.6 is 0 Å². The second kappa shape index (κ2) is 23.5. The van der Waals surface area contributed by atoms with Crippen LogP contribution in [-0.4, -0.2) is 95.3 Å². The van der Waals surface area contributed by atoms with Gasteiger partial charge in [-0.3, -0.25) is 29.0 Å². The largest absolute Gasteiger partial charge is 0.460 e. The molecule has 4 aliphatic heterocycles. The molecule has 9 rings (SSSR count). The number of carbonyl (C=O) groups is 6. The Kier molecular flexibility index (Phi) is 16.5. The summed E-state index contributed by atoms with van der Waals surface area (Å²) in [6.07, 6.45) is -5.23. The number of nitriles is 2. The van der Waals surface area contributed by atoms with Crippen molar-refractivity contribution in [1.29, 1.82) is 10.5 Å². The van der Waals surface area contributed by atoms with Gasteiger partial charge in [0.25, 0.3) is 17.7 Å². The van der Waals surface area contributed by atoms with Crippen LogP contribution in [0.15, 0.2) is 144 Å². The first kappa shape index (κ1) is 58.2. The zero-order valence-electron chi connectivity index (χ0n) is 45.2. The molecule has 2 atom stereocenters. The number of nitrogens with one attached hydrogen (secondary N) is 2. The molecule has 1 aromatic heterocycles. The van der Waals surface area contributed by atoms with Crippen LogP contribution in [-0.2, 0) is 38.0 Å². The monoisotopic (exact) mass is 1140 g/mol. The van der Waals surface area contributed by atoms with E-state index in [-0.39, 0.29) is 104 Å². The van der Waals surface area contributed by atoms with Crippen molar-refractivity contribution in [2.45, 2.75) is 83.0 Å². The number of hydrogen-bond acceptors (Lipinski definition) is 9. The number of carbonyl (C=O) groups excluding carboxylic acids is 6. The lowest BCUT2D eigenvalue weighted by atomic mass is 9.94. The van der Waals surface area contributed by atoms with Crippen molar-refractivity contribution in [2.75, 3.05) is 49.1 Å². The molecule has 0 unspecified atom stereocenters. The van der Waals surface area contributed by atoms with Gasteiger partial charge in [0, 0.05) is 44.7 Å². The minimum Gasteiger partial charge on any atom is -0.460 e. The van der Waals surface area contributed by atoms with Crippen molar-refractivity contribution in [3.05, 3.63) is 183 Å². The number of anilines is 2. The maximum Gasteiger partial charge on any atom is 0.416 e. The van der Waals surface area contributed by atoms with E-state index in [4.69, 9.17) is 4.74 Å².